The van der Waals surface area contributed by atoms with E-state index in [9.17, 15) is 13.2 Å². The van der Waals surface area contributed by atoms with Gasteiger partial charge < -0.3 is 9.64 Å². The van der Waals surface area contributed by atoms with Crippen molar-refractivity contribution in [3.63, 3.8) is 0 Å². The first-order valence-corrected chi connectivity index (χ1v) is 15.6. The predicted octanol–water partition coefficient (Wildman–Crippen LogP) is 5.53. The molecule has 3 aromatic carbocycles. The maximum absolute atomic E-state index is 13.2. The van der Waals surface area contributed by atoms with Crippen LogP contribution in [0.2, 0.25) is 0 Å². The highest BCUT2D eigenvalue weighted by molar-refractivity contribution is 7.89. The van der Waals surface area contributed by atoms with Crippen LogP contribution in [0.1, 0.15) is 49.3 Å². The fraction of sp³-hybridized carbons (Fsp3) is 0.406. The van der Waals surface area contributed by atoms with Gasteiger partial charge >= 0.3 is 6.09 Å². The molecule has 5 rings (SSSR count). The smallest absolute Gasteiger partial charge is 0.411 e. The number of carbonyl (C=O) groups is 1. The van der Waals surface area contributed by atoms with Gasteiger partial charge in [0.2, 0.25) is 10.0 Å². The van der Waals surface area contributed by atoms with E-state index in [1.807, 2.05) is 59.5 Å². The minimum atomic E-state index is -3.57. The van der Waals surface area contributed by atoms with Gasteiger partial charge in [0.15, 0.2) is 0 Å². The van der Waals surface area contributed by atoms with Gasteiger partial charge in [0.05, 0.1) is 10.9 Å². The van der Waals surface area contributed by atoms with Crippen LogP contribution in [0, 0.1) is 0 Å². The van der Waals surface area contributed by atoms with Crippen molar-refractivity contribution >= 4 is 16.1 Å². The summed E-state index contributed by atoms with van der Waals surface area (Å²) in [7, 11) is -1.90. The first kappa shape index (κ1) is 28.3. The number of ether oxygens (including phenoxy) is 1. The van der Waals surface area contributed by atoms with Crippen molar-refractivity contribution in [2.45, 2.75) is 55.2 Å². The Labute approximate surface area is 238 Å². The molecule has 0 bridgehead atoms. The quantitative estimate of drug-likeness (QED) is 0.326. The fourth-order valence-electron chi connectivity index (χ4n) is 6.08. The Morgan fingerprint density at radius 2 is 1.48 bits per heavy atom. The molecule has 8 heteroatoms. The van der Waals surface area contributed by atoms with Crippen LogP contribution in [-0.2, 0) is 14.8 Å². The summed E-state index contributed by atoms with van der Waals surface area (Å²) < 4.78 is 33.7. The summed E-state index contributed by atoms with van der Waals surface area (Å²) >= 11 is 0. The van der Waals surface area contributed by atoms with E-state index in [0.29, 0.717) is 11.4 Å². The number of amides is 1. The highest BCUT2D eigenvalue weighted by Crippen LogP contribution is 2.36. The number of benzene rings is 3. The molecule has 2 aliphatic rings. The van der Waals surface area contributed by atoms with Gasteiger partial charge in [0, 0.05) is 32.7 Å². The Hall–Kier alpha value is -3.20. The Kier molecular flexibility index (Phi) is 8.88. The van der Waals surface area contributed by atoms with E-state index in [0.717, 1.165) is 50.0 Å². The van der Waals surface area contributed by atoms with Crippen molar-refractivity contribution < 1.29 is 17.9 Å². The fourth-order valence-corrected chi connectivity index (χ4v) is 7.32. The number of piperidine rings is 1. The molecule has 3 atom stereocenters. The predicted molar refractivity (Wildman–Crippen MR) is 156 cm³/mol. The highest BCUT2D eigenvalue weighted by Gasteiger charge is 2.43. The normalized spacial score (nSPS) is 21.5. The average Bonchev–Trinajstić information content (AvgIpc) is 3.30. The van der Waals surface area contributed by atoms with E-state index in [-0.39, 0.29) is 30.2 Å². The number of carbonyl (C=O) groups excluding carboxylic acids is 1. The Morgan fingerprint density at radius 1 is 0.900 bits per heavy atom. The lowest BCUT2D eigenvalue weighted by Gasteiger charge is -2.38. The van der Waals surface area contributed by atoms with Gasteiger partial charge in [0.1, 0.15) is 6.10 Å². The number of likely N-dealkylation sites (tertiary alicyclic amines) is 1. The van der Waals surface area contributed by atoms with Gasteiger partial charge in [-0.2, -0.15) is 0 Å². The molecule has 2 saturated heterocycles. The summed E-state index contributed by atoms with van der Waals surface area (Å²) in [5, 5.41) is 0. The van der Waals surface area contributed by atoms with E-state index in [1.54, 1.807) is 31.3 Å². The van der Waals surface area contributed by atoms with Gasteiger partial charge in [-0.05, 0) is 61.9 Å². The van der Waals surface area contributed by atoms with Crippen molar-refractivity contribution in [3.05, 3.63) is 102 Å². The Bertz CT molecular complexity index is 1350. The molecule has 0 spiro atoms. The molecule has 2 fully saturated rings. The number of rotatable bonds is 10. The van der Waals surface area contributed by atoms with E-state index < -0.39 is 10.0 Å². The molecule has 1 amide bonds. The summed E-state index contributed by atoms with van der Waals surface area (Å²) in [6.45, 7) is 5.17. The molecule has 0 N–H and O–H groups in total. The monoisotopic (exact) mass is 561 g/mol. The van der Waals surface area contributed by atoms with Crippen LogP contribution in [0.5, 0.6) is 0 Å². The van der Waals surface area contributed by atoms with E-state index in [2.05, 4.69) is 24.0 Å². The van der Waals surface area contributed by atoms with Crippen LogP contribution in [0.3, 0.4) is 0 Å². The third-order valence-electron chi connectivity index (χ3n) is 8.39. The van der Waals surface area contributed by atoms with Gasteiger partial charge in [-0.15, -0.1) is 0 Å². The Balaban J connectivity index is 1.19. The zero-order chi connectivity index (χ0) is 28.1. The molecular formula is C32H39N3O4S. The van der Waals surface area contributed by atoms with Crippen LogP contribution in [0.15, 0.2) is 95.9 Å². The lowest BCUT2D eigenvalue weighted by atomic mass is 9.94. The summed E-state index contributed by atoms with van der Waals surface area (Å²) in [5.41, 5.74) is 2.18. The third-order valence-corrected chi connectivity index (χ3v) is 10.2. The van der Waals surface area contributed by atoms with Crippen LogP contribution in [0.25, 0.3) is 0 Å². The van der Waals surface area contributed by atoms with Crippen LogP contribution in [-0.4, -0.2) is 73.9 Å². The number of hydrogen-bond acceptors (Lipinski definition) is 5. The third kappa shape index (κ3) is 6.24. The molecule has 0 aliphatic carbocycles. The largest absolute Gasteiger partial charge is 0.439 e. The maximum atomic E-state index is 13.2. The van der Waals surface area contributed by atoms with E-state index in [1.165, 1.54) is 4.31 Å². The minimum Gasteiger partial charge on any atom is -0.439 e. The maximum Gasteiger partial charge on any atom is 0.411 e. The first-order valence-electron chi connectivity index (χ1n) is 14.2. The zero-order valence-electron chi connectivity index (χ0n) is 23.3. The van der Waals surface area contributed by atoms with Crippen molar-refractivity contribution in [1.29, 1.82) is 0 Å². The molecule has 40 heavy (non-hydrogen) atoms. The number of nitrogens with zero attached hydrogens (tertiary/aromatic N) is 3. The average molecular weight is 562 g/mol. The summed E-state index contributed by atoms with van der Waals surface area (Å²) in [6, 6.07) is 28.9. The second-order valence-corrected chi connectivity index (χ2v) is 13.0. The van der Waals surface area contributed by atoms with E-state index in [4.69, 9.17) is 4.74 Å². The van der Waals surface area contributed by atoms with Gasteiger partial charge in [-0.3, -0.25) is 4.90 Å². The summed E-state index contributed by atoms with van der Waals surface area (Å²) in [5.74, 6) is 0.0719. The lowest BCUT2D eigenvalue weighted by molar-refractivity contribution is 0.107. The van der Waals surface area contributed by atoms with Gasteiger partial charge in [0.25, 0.3) is 0 Å². The van der Waals surface area contributed by atoms with Crippen LogP contribution in [0.4, 0.5) is 4.79 Å². The number of likely N-dealkylation sites (N-methyl/N-ethyl adjacent to an activating group) is 1. The molecule has 3 aromatic rings. The van der Waals surface area contributed by atoms with Gasteiger partial charge in [-0.1, -0.05) is 78.9 Å². The summed E-state index contributed by atoms with van der Waals surface area (Å²) in [6.07, 6.45) is 2.20. The standard InChI is InChI=1S/C32H39N3O4S/c1-25-31(27-14-8-4-9-15-27)39-32(36)35(25)29-19-22-34(23-20-29)21-18-28(26-12-6-3-7-13-26)24-33(2)40(37,38)30-16-10-5-11-17-30/h3-17,25,28-29,31H,18-24H2,1-2H3/t25-,28+,31-/m0/s1. The molecule has 0 unspecified atom stereocenters. The zero-order valence-corrected chi connectivity index (χ0v) is 24.1. The summed E-state index contributed by atoms with van der Waals surface area (Å²) in [4.78, 5) is 17.6. The van der Waals surface area contributed by atoms with Crippen molar-refractivity contribution in [3.8, 4) is 0 Å². The molecule has 212 valence electrons. The highest BCUT2D eigenvalue weighted by atomic mass is 32.2. The molecular weight excluding hydrogens is 522 g/mol. The second-order valence-electron chi connectivity index (χ2n) is 10.9. The van der Waals surface area contributed by atoms with Crippen molar-refractivity contribution in [1.82, 2.24) is 14.1 Å². The molecule has 2 heterocycles. The number of cyclic esters (lactones) is 1. The molecule has 7 nitrogen and oxygen atoms in total. The molecule has 0 radical (unpaired) electrons. The Morgan fingerprint density at radius 3 is 2.10 bits per heavy atom. The van der Waals surface area contributed by atoms with Crippen LogP contribution >= 0.6 is 0 Å². The minimum absolute atomic E-state index is 0.00369. The second kappa shape index (κ2) is 12.5. The topological polar surface area (TPSA) is 70.2 Å². The lowest BCUT2D eigenvalue weighted by Crippen LogP contribution is -2.48. The molecule has 2 aliphatic heterocycles. The number of sulfonamides is 1. The SMILES string of the molecule is C[C@H]1[C@@H](c2ccccc2)OC(=O)N1C1CCN(CC[C@H](CN(C)S(=O)(=O)c2ccccc2)c2ccccc2)CC1. The van der Waals surface area contributed by atoms with Gasteiger partial charge in [-0.25, -0.2) is 17.5 Å². The molecule has 0 saturated carbocycles. The van der Waals surface area contributed by atoms with Crippen molar-refractivity contribution in [2.24, 2.45) is 0 Å². The van der Waals surface area contributed by atoms with E-state index >= 15 is 0 Å². The first-order chi connectivity index (χ1) is 19.3. The molecule has 0 aromatic heterocycles. The van der Waals surface area contributed by atoms with Crippen LogP contribution < -0.4 is 0 Å². The number of hydrogen-bond donors (Lipinski definition) is 0. The van der Waals surface area contributed by atoms with Crippen molar-refractivity contribution in [2.75, 3.05) is 33.2 Å².